The molecule has 1 atom stereocenters. The summed E-state index contributed by atoms with van der Waals surface area (Å²) in [7, 11) is 0. The van der Waals surface area contributed by atoms with E-state index in [-0.39, 0.29) is 11.8 Å². The molecule has 3 aliphatic rings. The number of carbonyl (C=O) groups excluding carboxylic acids is 2. The minimum absolute atomic E-state index is 0.0444. The van der Waals surface area contributed by atoms with E-state index in [9.17, 15) is 9.59 Å². The van der Waals surface area contributed by atoms with Gasteiger partial charge in [0.05, 0.1) is 5.92 Å². The summed E-state index contributed by atoms with van der Waals surface area (Å²) in [5.41, 5.74) is 0.432. The maximum absolute atomic E-state index is 12.9. The fraction of sp³-hybridized carbons (Fsp3) is 0.889. The van der Waals surface area contributed by atoms with E-state index in [0.717, 1.165) is 32.5 Å². The van der Waals surface area contributed by atoms with Crippen LogP contribution in [0.25, 0.3) is 0 Å². The summed E-state index contributed by atoms with van der Waals surface area (Å²) in [6.07, 6.45) is 10.3. The van der Waals surface area contributed by atoms with Crippen LogP contribution in [0.15, 0.2) is 0 Å². The third-order valence-corrected chi connectivity index (χ3v) is 6.09. The zero-order valence-corrected chi connectivity index (χ0v) is 14.0. The molecule has 0 radical (unpaired) electrons. The fourth-order valence-corrected chi connectivity index (χ4v) is 4.72. The van der Waals surface area contributed by atoms with E-state index < -0.39 is 0 Å². The zero-order valence-electron chi connectivity index (χ0n) is 14.0. The lowest BCUT2D eigenvalue weighted by Gasteiger charge is -2.36. The lowest BCUT2D eigenvalue weighted by Crippen LogP contribution is -2.46. The van der Waals surface area contributed by atoms with Gasteiger partial charge in [-0.05, 0) is 37.5 Å². The number of hydrogen-bond acceptors (Lipinski definition) is 2. The average Bonchev–Trinajstić information content (AvgIpc) is 2.97. The van der Waals surface area contributed by atoms with Crippen molar-refractivity contribution in [1.82, 2.24) is 9.80 Å². The first-order chi connectivity index (χ1) is 10.6. The molecule has 2 amide bonds. The molecule has 1 spiro atoms. The van der Waals surface area contributed by atoms with Gasteiger partial charge in [-0.15, -0.1) is 0 Å². The first kappa shape index (κ1) is 15.8. The Morgan fingerprint density at radius 2 is 1.77 bits per heavy atom. The van der Waals surface area contributed by atoms with Crippen LogP contribution in [0.5, 0.6) is 0 Å². The van der Waals surface area contributed by atoms with Gasteiger partial charge in [-0.25, -0.2) is 0 Å². The molecule has 1 aliphatic carbocycles. The number of likely N-dealkylation sites (tertiary alicyclic amines) is 2. The second kappa shape index (κ2) is 6.59. The first-order valence-electron chi connectivity index (χ1n) is 9.20. The molecule has 4 heteroatoms. The highest BCUT2D eigenvalue weighted by Gasteiger charge is 2.42. The molecule has 0 bridgehead atoms. The van der Waals surface area contributed by atoms with E-state index in [1.54, 1.807) is 0 Å². The molecule has 0 aromatic rings. The lowest BCUT2D eigenvalue weighted by molar-refractivity contribution is -0.140. The Morgan fingerprint density at radius 1 is 1.00 bits per heavy atom. The van der Waals surface area contributed by atoms with E-state index in [0.29, 0.717) is 24.3 Å². The smallest absolute Gasteiger partial charge is 0.227 e. The predicted molar refractivity (Wildman–Crippen MR) is 86.3 cm³/mol. The van der Waals surface area contributed by atoms with Crippen molar-refractivity contribution in [2.24, 2.45) is 11.3 Å². The van der Waals surface area contributed by atoms with Crippen LogP contribution in [0.2, 0.25) is 0 Å². The number of nitrogens with zero attached hydrogens (tertiary/aromatic N) is 2. The monoisotopic (exact) mass is 306 g/mol. The number of hydrogen-bond donors (Lipinski definition) is 0. The summed E-state index contributed by atoms with van der Waals surface area (Å²) >= 11 is 0. The fourth-order valence-electron chi connectivity index (χ4n) is 4.72. The molecule has 22 heavy (non-hydrogen) atoms. The van der Waals surface area contributed by atoms with Crippen LogP contribution >= 0.6 is 0 Å². The predicted octanol–water partition coefficient (Wildman–Crippen LogP) is 2.82. The lowest BCUT2D eigenvalue weighted by atomic mass is 9.73. The van der Waals surface area contributed by atoms with Gasteiger partial charge in [0.15, 0.2) is 0 Å². The quantitative estimate of drug-likeness (QED) is 0.787. The number of piperidine rings is 1. The van der Waals surface area contributed by atoms with Crippen LogP contribution in [0.4, 0.5) is 0 Å². The number of carbonyl (C=O) groups is 2. The second-order valence-corrected chi connectivity index (χ2v) is 7.60. The highest BCUT2D eigenvalue weighted by atomic mass is 16.2. The molecule has 2 heterocycles. The summed E-state index contributed by atoms with van der Waals surface area (Å²) < 4.78 is 0. The molecule has 1 saturated carbocycles. The van der Waals surface area contributed by atoms with Gasteiger partial charge in [-0.3, -0.25) is 9.59 Å². The normalized spacial score (nSPS) is 28.1. The molecule has 2 saturated heterocycles. The molecular formula is C18H30N2O2. The Bertz CT molecular complexity index is 429. The summed E-state index contributed by atoms with van der Waals surface area (Å²) in [6, 6.07) is 0. The molecule has 0 N–H and O–H groups in total. The molecule has 0 aromatic carbocycles. The van der Waals surface area contributed by atoms with Crippen LogP contribution in [0.1, 0.15) is 64.7 Å². The Kier molecular flexibility index (Phi) is 4.74. The number of rotatable bonds is 2. The van der Waals surface area contributed by atoms with Crippen LogP contribution in [-0.4, -0.2) is 47.8 Å². The van der Waals surface area contributed by atoms with Crippen molar-refractivity contribution in [3.05, 3.63) is 0 Å². The highest BCUT2D eigenvalue weighted by Crippen LogP contribution is 2.44. The van der Waals surface area contributed by atoms with Crippen LogP contribution < -0.4 is 0 Å². The minimum atomic E-state index is 0.0444. The van der Waals surface area contributed by atoms with E-state index >= 15 is 0 Å². The van der Waals surface area contributed by atoms with Gasteiger partial charge in [0.1, 0.15) is 0 Å². The van der Waals surface area contributed by atoms with Gasteiger partial charge in [0.25, 0.3) is 0 Å². The van der Waals surface area contributed by atoms with Crippen LogP contribution in [-0.2, 0) is 9.59 Å². The summed E-state index contributed by atoms with van der Waals surface area (Å²) in [5.74, 6) is 0.557. The summed E-state index contributed by atoms with van der Waals surface area (Å²) in [5, 5.41) is 0. The Morgan fingerprint density at radius 3 is 2.50 bits per heavy atom. The molecule has 0 unspecified atom stereocenters. The van der Waals surface area contributed by atoms with E-state index in [2.05, 4.69) is 4.90 Å². The molecule has 4 nitrogen and oxygen atoms in total. The Balaban J connectivity index is 1.58. The molecule has 124 valence electrons. The zero-order chi connectivity index (χ0) is 15.6. The second-order valence-electron chi connectivity index (χ2n) is 7.60. The molecular weight excluding hydrogens is 276 g/mol. The Hall–Kier alpha value is -1.06. The summed E-state index contributed by atoms with van der Waals surface area (Å²) in [4.78, 5) is 28.8. The molecule has 3 rings (SSSR count). The summed E-state index contributed by atoms with van der Waals surface area (Å²) in [6.45, 7) is 5.30. The van der Waals surface area contributed by atoms with Crippen molar-refractivity contribution < 1.29 is 9.59 Å². The minimum Gasteiger partial charge on any atom is -0.342 e. The maximum atomic E-state index is 12.9. The molecule has 2 aliphatic heterocycles. The van der Waals surface area contributed by atoms with Crippen molar-refractivity contribution >= 4 is 11.8 Å². The topological polar surface area (TPSA) is 40.6 Å². The van der Waals surface area contributed by atoms with Gasteiger partial charge >= 0.3 is 0 Å². The average molecular weight is 306 g/mol. The standard InChI is InChI=1S/C18H30N2O2/c1-2-16(21)19-11-6-7-15(13-19)17(22)20-12-10-18(14-20)8-4-3-5-9-18/h15H,2-14H2,1H3/t15-/m1/s1. The van der Waals surface area contributed by atoms with E-state index in [1.165, 1.54) is 38.5 Å². The largest absolute Gasteiger partial charge is 0.342 e. The third kappa shape index (κ3) is 3.16. The van der Waals surface area contributed by atoms with Gasteiger partial charge in [-0.1, -0.05) is 26.2 Å². The Labute approximate surface area is 134 Å². The molecule has 3 fully saturated rings. The van der Waals surface area contributed by atoms with Gasteiger partial charge in [0, 0.05) is 32.6 Å². The van der Waals surface area contributed by atoms with Crippen molar-refractivity contribution in [3.8, 4) is 0 Å². The van der Waals surface area contributed by atoms with Gasteiger partial charge < -0.3 is 9.80 Å². The van der Waals surface area contributed by atoms with Gasteiger partial charge in [0.2, 0.25) is 11.8 Å². The maximum Gasteiger partial charge on any atom is 0.227 e. The third-order valence-electron chi connectivity index (χ3n) is 6.09. The first-order valence-corrected chi connectivity index (χ1v) is 9.20. The van der Waals surface area contributed by atoms with E-state index in [1.807, 2.05) is 11.8 Å². The van der Waals surface area contributed by atoms with Crippen LogP contribution in [0.3, 0.4) is 0 Å². The van der Waals surface area contributed by atoms with Crippen molar-refractivity contribution in [1.29, 1.82) is 0 Å². The highest BCUT2D eigenvalue weighted by molar-refractivity contribution is 5.81. The SMILES string of the molecule is CCC(=O)N1CCC[C@@H](C(=O)N2CCC3(CCCCC3)C2)C1. The van der Waals surface area contributed by atoms with Crippen LogP contribution in [0, 0.1) is 11.3 Å². The van der Waals surface area contributed by atoms with E-state index in [4.69, 9.17) is 0 Å². The van der Waals surface area contributed by atoms with Gasteiger partial charge in [-0.2, -0.15) is 0 Å². The van der Waals surface area contributed by atoms with Crippen molar-refractivity contribution in [3.63, 3.8) is 0 Å². The van der Waals surface area contributed by atoms with Crippen molar-refractivity contribution in [2.75, 3.05) is 26.2 Å². The van der Waals surface area contributed by atoms with Crippen molar-refractivity contribution in [2.45, 2.75) is 64.7 Å². The molecule has 0 aromatic heterocycles. The number of amides is 2.